The fourth-order valence-electron chi connectivity index (χ4n) is 1.50. The Morgan fingerprint density at radius 1 is 1.16 bits per heavy atom. The Hall–Kier alpha value is -1.37. The number of hydrogen-bond acceptors (Lipinski definition) is 3. The summed E-state index contributed by atoms with van der Waals surface area (Å²) in [6, 6.07) is 0. The maximum Gasteiger partial charge on any atom is 0.313 e. The normalized spacial score (nSPS) is 10.4. The SMILES string of the molecule is CCOC(=O)CC(=O)c1c(C)c(F)c(F)c(Br)c1F. The second kappa shape index (κ2) is 6.18. The van der Waals surface area contributed by atoms with Crippen molar-refractivity contribution in [2.75, 3.05) is 6.61 Å². The molecule has 7 heteroatoms. The van der Waals surface area contributed by atoms with E-state index >= 15 is 0 Å². The van der Waals surface area contributed by atoms with E-state index in [4.69, 9.17) is 0 Å². The van der Waals surface area contributed by atoms with Crippen LogP contribution in [-0.4, -0.2) is 18.4 Å². The van der Waals surface area contributed by atoms with Gasteiger partial charge in [0.05, 0.1) is 16.6 Å². The molecule has 3 nitrogen and oxygen atoms in total. The summed E-state index contributed by atoms with van der Waals surface area (Å²) in [7, 11) is 0. The number of ketones is 1. The molecule has 0 radical (unpaired) electrons. The van der Waals surface area contributed by atoms with E-state index in [9.17, 15) is 22.8 Å². The molecule has 0 amide bonds. The van der Waals surface area contributed by atoms with Gasteiger partial charge in [-0.15, -0.1) is 0 Å². The van der Waals surface area contributed by atoms with Crippen molar-refractivity contribution in [3.8, 4) is 0 Å². The van der Waals surface area contributed by atoms with E-state index in [0.717, 1.165) is 6.92 Å². The highest BCUT2D eigenvalue weighted by Gasteiger charge is 2.26. The van der Waals surface area contributed by atoms with Crippen LogP contribution in [0.5, 0.6) is 0 Å². The van der Waals surface area contributed by atoms with E-state index in [1.165, 1.54) is 0 Å². The molecule has 1 aromatic rings. The third-order valence-electron chi connectivity index (χ3n) is 2.39. The maximum absolute atomic E-state index is 13.8. The Morgan fingerprint density at radius 3 is 2.26 bits per heavy atom. The smallest absolute Gasteiger partial charge is 0.313 e. The first kappa shape index (κ1) is 15.7. The molecule has 1 aromatic carbocycles. The number of Topliss-reactive ketones (excluding diaryl/α,β-unsaturated/α-hetero) is 1. The van der Waals surface area contributed by atoms with Gasteiger partial charge in [0.25, 0.3) is 0 Å². The monoisotopic (exact) mass is 338 g/mol. The van der Waals surface area contributed by atoms with Crippen LogP contribution in [0.2, 0.25) is 0 Å². The predicted octanol–water partition coefficient (Wildman–Crippen LogP) is 3.31. The number of carbonyl (C=O) groups is 2. The van der Waals surface area contributed by atoms with Crippen LogP contribution >= 0.6 is 15.9 Å². The average molecular weight is 339 g/mol. The number of halogens is 4. The Morgan fingerprint density at radius 2 is 1.74 bits per heavy atom. The first-order valence-electron chi connectivity index (χ1n) is 5.32. The second-order valence-electron chi connectivity index (χ2n) is 3.66. The van der Waals surface area contributed by atoms with Gasteiger partial charge in [0, 0.05) is 5.56 Å². The summed E-state index contributed by atoms with van der Waals surface area (Å²) in [6.07, 6.45) is -0.733. The van der Waals surface area contributed by atoms with Crippen molar-refractivity contribution in [1.82, 2.24) is 0 Å². The van der Waals surface area contributed by atoms with Gasteiger partial charge in [0.1, 0.15) is 6.42 Å². The molecular formula is C12H10BrF3O3. The highest BCUT2D eigenvalue weighted by Crippen LogP contribution is 2.29. The quantitative estimate of drug-likeness (QED) is 0.278. The molecule has 0 aliphatic carbocycles. The van der Waals surface area contributed by atoms with Crippen LogP contribution in [0.1, 0.15) is 29.3 Å². The molecule has 19 heavy (non-hydrogen) atoms. The first-order valence-corrected chi connectivity index (χ1v) is 6.11. The molecule has 0 atom stereocenters. The zero-order valence-corrected chi connectivity index (χ0v) is 11.7. The Balaban J connectivity index is 3.21. The van der Waals surface area contributed by atoms with E-state index in [2.05, 4.69) is 20.7 Å². The van der Waals surface area contributed by atoms with Crippen molar-refractivity contribution in [2.24, 2.45) is 0 Å². The predicted molar refractivity (Wildman–Crippen MR) is 64.3 cm³/mol. The minimum absolute atomic E-state index is 0.0645. The van der Waals surface area contributed by atoms with Crippen molar-refractivity contribution in [3.63, 3.8) is 0 Å². The molecule has 1 rings (SSSR count). The first-order chi connectivity index (χ1) is 8.81. The van der Waals surface area contributed by atoms with E-state index in [1.807, 2.05) is 0 Å². The summed E-state index contributed by atoms with van der Waals surface area (Å²) in [6.45, 7) is 2.67. The van der Waals surface area contributed by atoms with Gasteiger partial charge in [-0.05, 0) is 29.8 Å². The lowest BCUT2D eigenvalue weighted by molar-refractivity contribution is -0.141. The van der Waals surface area contributed by atoms with Gasteiger partial charge in [-0.3, -0.25) is 9.59 Å². The molecule has 0 aromatic heterocycles. The van der Waals surface area contributed by atoms with Crippen LogP contribution in [0.3, 0.4) is 0 Å². The summed E-state index contributed by atoms with van der Waals surface area (Å²) in [4.78, 5) is 22.9. The number of carbonyl (C=O) groups excluding carboxylic acids is 2. The average Bonchev–Trinajstić information content (AvgIpc) is 2.34. The van der Waals surface area contributed by atoms with Gasteiger partial charge in [0.15, 0.2) is 23.2 Å². The van der Waals surface area contributed by atoms with Crippen molar-refractivity contribution in [3.05, 3.63) is 33.1 Å². The molecule has 0 saturated carbocycles. The molecule has 0 heterocycles. The molecule has 0 fully saturated rings. The number of esters is 1. The number of hydrogen-bond donors (Lipinski definition) is 0. The third-order valence-corrected chi connectivity index (χ3v) is 3.09. The van der Waals surface area contributed by atoms with E-state index in [-0.39, 0.29) is 6.61 Å². The second-order valence-corrected chi connectivity index (χ2v) is 4.45. The topological polar surface area (TPSA) is 43.4 Å². The summed E-state index contributed by atoms with van der Waals surface area (Å²) >= 11 is 2.52. The third kappa shape index (κ3) is 3.15. The lowest BCUT2D eigenvalue weighted by Gasteiger charge is -2.10. The van der Waals surface area contributed by atoms with Crippen LogP contribution in [0.4, 0.5) is 13.2 Å². The van der Waals surface area contributed by atoms with Crippen LogP contribution in [0, 0.1) is 24.4 Å². The molecular weight excluding hydrogens is 329 g/mol. The van der Waals surface area contributed by atoms with Crippen molar-refractivity contribution in [1.29, 1.82) is 0 Å². The maximum atomic E-state index is 13.8. The van der Waals surface area contributed by atoms with Crippen molar-refractivity contribution >= 4 is 27.7 Å². The molecule has 0 aliphatic heterocycles. The molecule has 0 unspecified atom stereocenters. The molecule has 0 aliphatic rings. The van der Waals surface area contributed by atoms with E-state index in [1.54, 1.807) is 6.92 Å². The van der Waals surface area contributed by atoms with Gasteiger partial charge in [-0.25, -0.2) is 13.2 Å². The lowest BCUT2D eigenvalue weighted by Crippen LogP contribution is -2.15. The van der Waals surface area contributed by atoms with Crippen LogP contribution in [0.15, 0.2) is 4.47 Å². The molecule has 104 valence electrons. The summed E-state index contributed by atoms with van der Waals surface area (Å²) in [5, 5.41) is 0. The van der Waals surface area contributed by atoms with Crippen LogP contribution in [0.25, 0.3) is 0 Å². The fourth-order valence-corrected chi connectivity index (χ4v) is 1.88. The molecule has 0 bridgehead atoms. The number of benzene rings is 1. The standard InChI is InChI=1S/C12H10BrF3O3/c1-3-19-7(18)4-6(17)8-5(2)10(14)12(16)9(13)11(8)15/h3-4H2,1-2H3. The zero-order chi connectivity index (χ0) is 14.7. The molecule has 0 saturated heterocycles. The fraction of sp³-hybridized carbons (Fsp3) is 0.333. The van der Waals surface area contributed by atoms with Crippen LogP contribution in [-0.2, 0) is 9.53 Å². The highest BCUT2D eigenvalue weighted by atomic mass is 79.9. The Kier molecular flexibility index (Phi) is 5.11. The largest absolute Gasteiger partial charge is 0.466 e. The van der Waals surface area contributed by atoms with Crippen molar-refractivity contribution in [2.45, 2.75) is 20.3 Å². The Labute approximate surface area is 115 Å². The van der Waals surface area contributed by atoms with Gasteiger partial charge < -0.3 is 4.74 Å². The van der Waals surface area contributed by atoms with Gasteiger partial charge in [-0.2, -0.15) is 0 Å². The minimum Gasteiger partial charge on any atom is -0.466 e. The lowest BCUT2D eigenvalue weighted by atomic mass is 10.0. The van der Waals surface area contributed by atoms with E-state index < -0.39 is 51.2 Å². The zero-order valence-electron chi connectivity index (χ0n) is 10.2. The van der Waals surface area contributed by atoms with Gasteiger partial charge >= 0.3 is 5.97 Å². The van der Waals surface area contributed by atoms with Gasteiger partial charge in [0.2, 0.25) is 0 Å². The van der Waals surface area contributed by atoms with Crippen LogP contribution < -0.4 is 0 Å². The van der Waals surface area contributed by atoms with Crippen molar-refractivity contribution < 1.29 is 27.5 Å². The molecule has 0 N–H and O–H groups in total. The minimum atomic E-state index is -1.41. The van der Waals surface area contributed by atoms with Gasteiger partial charge in [-0.1, -0.05) is 0 Å². The summed E-state index contributed by atoms with van der Waals surface area (Å²) in [5.41, 5.74) is -1.13. The number of rotatable bonds is 4. The highest BCUT2D eigenvalue weighted by molar-refractivity contribution is 9.10. The number of ether oxygens (including phenoxy) is 1. The Bertz CT molecular complexity index is 515. The van der Waals surface area contributed by atoms with E-state index in [0.29, 0.717) is 0 Å². The summed E-state index contributed by atoms with van der Waals surface area (Å²) in [5.74, 6) is -5.80. The molecule has 0 spiro atoms. The summed E-state index contributed by atoms with van der Waals surface area (Å²) < 4.78 is 44.2.